The van der Waals surface area contributed by atoms with Crippen LogP contribution in [0.3, 0.4) is 0 Å². The van der Waals surface area contributed by atoms with Gasteiger partial charge in [-0.05, 0) is 37.5 Å². The van der Waals surface area contributed by atoms with Gasteiger partial charge in [-0.2, -0.15) is 5.10 Å². The first-order chi connectivity index (χ1) is 9.78. The Morgan fingerprint density at radius 3 is 3.10 bits per heavy atom. The maximum atomic E-state index is 11.9. The number of carbonyl (C=O) groups excluding carboxylic acids is 1. The number of fused-ring (bicyclic) bond motifs is 1. The zero-order chi connectivity index (χ0) is 13.9. The minimum absolute atomic E-state index is 0.216. The van der Waals surface area contributed by atoms with E-state index in [-0.39, 0.29) is 5.78 Å². The van der Waals surface area contributed by atoms with E-state index in [4.69, 9.17) is 4.74 Å². The van der Waals surface area contributed by atoms with Crippen molar-refractivity contribution in [1.29, 1.82) is 0 Å². The van der Waals surface area contributed by atoms with E-state index in [1.54, 1.807) is 4.68 Å². The molecule has 0 fully saturated rings. The van der Waals surface area contributed by atoms with E-state index >= 15 is 0 Å². The monoisotopic (exact) mass is 271 g/mol. The van der Waals surface area contributed by atoms with E-state index in [1.807, 2.05) is 25.1 Å². The van der Waals surface area contributed by atoms with Gasteiger partial charge in [0.2, 0.25) is 0 Å². The number of rotatable bonds is 4. The van der Waals surface area contributed by atoms with Crippen molar-refractivity contribution in [2.75, 3.05) is 0 Å². The summed E-state index contributed by atoms with van der Waals surface area (Å²) in [7, 11) is 0. The second kappa shape index (κ2) is 5.45. The van der Waals surface area contributed by atoms with Crippen LogP contribution in [0.5, 0.6) is 5.75 Å². The Morgan fingerprint density at radius 2 is 2.25 bits per heavy atom. The molecule has 20 heavy (non-hydrogen) atoms. The minimum atomic E-state index is 0.216. The van der Waals surface area contributed by atoms with Crippen LogP contribution in [0.1, 0.15) is 41.5 Å². The van der Waals surface area contributed by atoms with Crippen molar-refractivity contribution in [2.24, 2.45) is 0 Å². The van der Waals surface area contributed by atoms with E-state index in [0.717, 1.165) is 36.3 Å². The molecule has 0 aliphatic heterocycles. The summed E-state index contributed by atoms with van der Waals surface area (Å²) in [5.41, 5.74) is 1.94. The average Bonchev–Trinajstić information content (AvgIpc) is 2.93. The van der Waals surface area contributed by atoms with Gasteiger partial charge in [0.25, 0.3) is 0 Å². The van der Waals surface area contributed by atoms with Crippen LogP contribution in [-0.2, 0) is 19.6 Å². The predicted octanol–water partition coefficient (Wildman–Crippen LogP) is 2.40. The highest BCUT2D eigenvalue weighted by Crippen LogP contribution is 2.25. The van der Waals surface area contributed by atoms with Crippen LogP contribution in [0.4, 0.5) is 0 Å². The zero-order valence-electron chi connectivity index (χ0n) is 11.5. The average molecular weight is 271 g/mol. The van der Waals surface area contributed by atoms with Crippen LogP contribution >= 0.6 is 0 Å². The van der Waals surface area contributed by atoms with Crippen LogP contribution in [0.2, 0.25) is 0 Å². The summed E-state index contributed by atoms with van der Waals surface area (Å²) in [6.45, 7) is 3.14. The van der Waals surface area contributed by atoms with Gasteiger partial charge in [-0.15, -0.1) is 0 Å². The van der Waals surface area contributed by atoms with Gasteiger partial charge in [0.05, 0.1) is 0 Å². The van der Waals surface area contributed by atoms with E-state index in [9.17, 15) is 4.79 Å². The third-order valence-corrected chi connectivity index (χ3v) is 3.59. The standard InChI is InChI=1S/C15H17N3O2/c1-2-18-15(16-10-17-18)9-20-12-7-6-11-4-3-5-14(19)13(11)8-12/h6-8,10H,2-5,9H2,1H3. The Kier molecular flexibility index (Phi) is 3.50. The maximum Gasteiger partial charge on any atom is 0.164 e. The molecule has 5 nitrogen and oxygen atoms in total. The molecule has 0 spiro atoms. The Morgan fingerprint density at radius 1 is 1.35 bits per heavy atom. The quantitative estimate of drug-likeness (QED) is 0.856. The highest BCUT2D eigenvalue weighted by molar-refractivity contribution is 5.98. The van der Waals surface area contributed by atoms with Gasteiger partial charge in [0.1, 0.15) is 18.7 Å². The van der Waals surface area contributed by atoms with Crippen molar-refractivity contribution in [3.8, 4) is 5.75 Å². The van der Waals surface area contributed by atoms with Gasteiger partial charge in [0, 0.05) is 18.5 Å². The fourth-order valence-electron chi connectivity index (χ4n) is 2.51. The number of ether oxygens (including phenoxy) is 1. The number of hydrogen-bond acceptors (Lipinski definition) is 4. The molecular weight excluding hydrogens is 254 g/mol. The first-order valence-corrected chi connectivity index (χ1v) is 6.93. The summed E-state index contributed by atoms with van der Waals surface area (Å²) < 4.78 is 7.53. The molecule has 2 aromatic rings. The van der Waals surface area contributed by atoms with Crippen LogP contribution in [0, 0.1) is 0 Å². The molecule has 0 bridgehead atoms. The highest BCUT2D eigenvalue weighted by Gasteiger charge is 2.17. The first-order valence-electron chi connectivity index (χ1n) is 6.93. The molecule has 0 amide bonds. The third kappa shape index (κ3) is 2.43. The molecule has 0 unspecified atom stereocenters. The SMILES string of the molecule is CCn1ncnc1COc1ccc2c(c1)C(=O)CCC2. The third-order valence-electron chi connectivity index (χ3n) is 3.59. The number of aryl methyl sites for hydroxylation is 2. The molecule has 1 aliphatic rings. The lowest BCUT2D eigenvalue weighted by Crippen LogP contribution is -2.11. The van der Waals surface area contributed by atoms with Crippen molar-refractivity contribution < 1.29 is 9.53 Å². The number of benzene rings is 1. The molecule has 1 aliphatic carbocycles. The Balaban J connectivity index is 1.75. The van der Waals surface area contributed by atoms with Crippen molar-refractivity contribution >= 4 is 5.78 Å². The predicted molar refractivity (Wildman–Crippen MR) is 73.7 cm³/mol. The van der Waals surface area contributed by atoms with Gasteiger partial charge < -0.3 is 4.74 Å². The second-order valence-electron chi connectivity index (χ2n) is 4.88. The number of Topliss-reactive ketones (excluding diaryl/α,β-unsaturated/α-hetero) is 1. The van der Waals surface area contributed by atoms with E-state index in [2.05, 4.69) is 10.1 Å². The number of ketones is 1. The summed E-state index contributed by atoms with van der Waals surface area (Å²) in [5.74, 6) is 1.72. The molecule has 0 N–H and O–H groups in total. The molecule has 0 radical (unpaired) electrons. The number of nitrogens with zero attached hydrogens (tertiary/aromatic N) is 3. The van der Waals surface area contributed by atoms with Gasteiger partial charge >= 0.3 is 0 Å². The van der Waals surface area contributed by atoms with Crippen molar-refractivity contribution in [3.05, 3.63) is 41.5 Å². The molecule has 1 aromatic heterocycles. The topological polar surface area (TPSA) is 57.0 Å². The molecule has 0 saturated heterocycles. The maximum absolute atomic E-state index is 11.9. The summed E-state index contributed by atoms with van der Waals surface area (Å²) in [6, 6.07) is 5.76. The number of hydrogen-bond donors (Lipinski definition) is 0. The van der Waals surface area contributed by atoms with Crippen LogP contribution in [0.25, 0.3) is 0 Å². The Hall–Kier alpha value is -2.17. The van der Waals surface area contributed by atoms with E-state index in [0.29, 0.717) is 18.8 Å². The van der Waals surface area contributed by atoms with Crippen molar-refractivity contribution in [3.63, 3.8) is 0 Å². The molecule has 1 heterocycles. The largest absolute Gasteiger partial charge is 0.486 e. The van der Waals surface area contributed by atoms with Gasteiger partial charge in [-0.3, -0.25) is 4.79 Å². The van der Waals surface area contributed by atoms with Gasteiger partial charge in [0.15, 0.2) is 11.6 Å². The fraction of sp³-hybridized carbons (Fsp3) is 0.400. The lowest BCUT2D eigenvalue weighted by atomic mass is 9.90. The molecule has 3 rings (SSSR count). The molecule has 0 atom stereocenters. The summed E-state index contributed by atoms with van der Waals surface area (Å²) in [6.07, 6.45) is 4.09. The Labute approximate surface area is 117 Å². The van der Waals surface area contributed by atoms with Gasteiger partial charge in [-0.1, -0.05) is 6.07 Å². The molecule has 104 valence electrons. The van der Waals surface area contributed by atoms with E-state index in [1.165, 1.54) is 6.33 Å². The van der Waals surface area contributed by atoms with Gasteiger partial charge in [-0.25, -0.2) is 9.67 Å². The summed E-state index contributed by atoms with van der Waals surface area (Å²) >= 11 is 0. The normalized spacial score (nSPS) is 14.2. The summed E-state index contributed by atoms with van der Waals surface area (Å²) in [4.78, 5) is 16.1. The number of aromatic nitrogens is 3. The molecule has 5 heteroatoms. The lowest BCUT2D eigenvalue weighted by Gasteiger charge is -2.15. The van der Waals surface area contributed by atoms with Crippen LogP contribution in [-0.4, -0.2) is 20.5 Å². The lowest BCUT2D eigenvalue weighted by molar-refractivity contribution is 0.0972. The van der Waals surface area contributed by atoms with Crippen molar-refractivity contribution in [2.45, 2.75) is 39.3 Å². The highest BCUT2D eigenvalue weighted by atomic mass is 16.5. The smallest absolute Gasteiger partial charge is 0.164 e. The Bertz CT molecular complexity index is 634. The second-order valence-corrected chi connectivity index (χ2v) is 4.88. The first kappa shape index (κ1) is 12.8. The minimum Gasteiger partial charge on any atom is -0.486 e. The van der Waals surface area contributed by atoms with Crippen molar-refractivity contribution in [1.82, 2.24) is 14.8 Å². The van der Waals surface area contributed by atoms with Crippen LogP contribution < -0.4 is 4.74 Å². The fourth-order valence-corrected chi connectivity index (χ4v) is 2.51. The van der Waals surface area contributed by atoms with E-state index < -0.39 is 0 Å². The number of carbonyl (C=O) groups is 1. The summed E-state index contributed by atoms with van der Waals surface area (Å²) in [5, 5.41) is 4.10. The molecule has 1 aromatic carbocycles. The molecule has 0 saturated carbocycles. The molecular formula is C15H17N3O2. The zero-order valence-corrected chi connectivity index (χ0v) is 11.5. The van der Waals surface area contributed by atoms with Crippen LogP contribution in [0.15, 0.2) is 24.5 Å².